The van der Waals surface area contributed by atoms with Gasteiger partial charge in [-0.05, 0) is 26.2 Å². The number of ether oxygens (including phenoxy) is 1. The quantitative estimate of drug-likeness (QED) is 0.490. The molecule has 6 nitrogen and oxygen atoms in total. The highest BCUT2D eigenvalue weighted by Gasteiger charge is 2.28. The van der Waals surface area contributed by atoms with Crippen LogP contribution in [0, 0.1) is 10.8 Å². The summed E-state index contributed by atoms with van der Waals surface area (Å²) in [6.07, 6.45) is 0.0717. The number of amides is 1. The van der Waals surface area contributed by atoms with Crippen molar-refractivity contribution in [2.75, 3.05) is 33.8 Å². The van der Waals surface area contributed by atoms with E-state index in [9.17, 15) is 4.79 Å². The Kier molecular flexibility index (Phi) is 8.45. The molecule has 0 aromatic carbocycles. The Hall–Kier alpha value is -1.30. The van der Waals surface area contributed by atoms with Crippen molar-refractivity contribution >= 4 is 11.9 Å². The van der Waals surface area contributed by atoms with Crippen molar-refractivity contribution in [1.29, 1.82) is 0 Å². The smallest absolute Gasteiger partial charge is 0.227 e. The summed E-state index contributed by atoms with van der Waals surface area (Å²) >= 11 is 0. The molecule has 0 radical (unpaired) electrons. The summed E-state index contributed by atoms with van der Waals surface area (Å²) in [7, 11) is 3.43. The minimum absolute atomic E-state index is 0.0300. The Morgan fingerprint density at radius 1 is 1.14 bits per heavy atom. The zero-order valence-electron chi connectivity index (χ0n) is 15.5. The second-order valence-corrected chi connectivity index (χ2v) is 7.14. The van der Waals surface area contributed by atoms with Crippen molar-refractivity contribution in [2.24, 2.45) is 15.8 Å². The monoisotopic (exact) mass is 314 g/mol. The van der Waals surface area contributed by atoms with Gasteiger partial charge in [0.05, 0.1) is 11.5 Å². The molecule has 6 heteroatoms. The van der Waals surface area contributed by atoms with Crippen LogP contribution in [0.15, 0.2) is 4.99 Å². The Morgan fingerprint density at radius 3 is 2.14 bits per heavy atom. The first-order valence-electron chi connectivity index (χ1n) is 7.84. The summed E-state index contributed by atoms with van der Waals surface area (Å²) in [6, 6.07) is 0. The number of aliphatic imine (C=N–C) groups is 1. The van der Waals surface area contributed by atoms with E-state index < -0.39 is 5.41 Å². The van der Waals surface area contributed by atoms with Crippen molar-refractivity contribution in [3.05, 3.63) is 0 Å². The molecule has 0 aliphatic carbocycles. The largest absolute Gasteiger partial charge is 0.379 e. The molecule has 0 bridgehead atoms. The van der Waals surface area contributed by atoms with E-state index in [0.29, 0.717) is 25.6 Å². The number of hydrogen-bond acceptors (Lipinski definition) is 3. The van der Waals surface area contributed by atoms with Crippen LogP contribution in [0.3, 0.4) is 0 Å². The lowest BCUT2D eigenvalue weighted by Gasteiger charge is -2.30. The standard InChI is InChI=1S/C16H34N4O2/c1-9-18-13(21)16(5,6)11-20-14(17-7)19-10-12(22-8)15(2,3)4/h12H,9-11H2,1-8H3,(H,18,21)(H2,17,19,20). The van der Waals surface area contributed by atoms with E-state index in [0.717, 1.165) is 0 Å². The fourth-order valence-electron chi connectivity index (χ4n) is 1.94. The van der Waals surface area contributed by atoms with Gasteiger partial charge in [-0.3, -0.25) is 9.79 Å². The van der Waals surface area contributed by atoms with Crippen LogP contribution in [0.25, 0.3) is 0 Å². The van der Waals surface area contributed by atoms with E-state index in [1.54, 1.807) is 14.2 Å². The van der Waals surface area contributed by atoms with E-state index in [1.165, 1.54) is 0 Å². The predicted octanol–water partition coefficient (Wildman–Crippen LogP) is 1.37. The lowest BCUT2D eigenvalue weighted by atomic mass is 9.89. The Balaban J connectivity index is 4.48. The summed E-state index contributed by atoms with van der Waals surface area (Å²) in [5, 5.41) is 9.30. The van der Waals surface area contributed by atoms with Gasteiger partial charge in [-0.1, -0.05) is 20.8 Å². The maximum Gasteiger partial charge on any atom is 0.227 e. The number of guanidine groups is 1. The molecule has 1 amide bonds. The molecule has 0 spiro atoms. The maximum atomic E-state index is 12.0. The third kappa shape index (κ3) is 7.11. The molecule has 0 aromatic rings. The van der Waals surface area contributed by atoms with Gasteiger partial charge in [-0.25, -0.2) is 0 Å². The number of nitrogens with zero attached hydrogens (tertiary/aromatic N) is 1. The summed E-state index contributed by atoms with van der Waals surface area (Å²) in [5.74, 6) is 0.700. The fraction of sp³-hybridized carbons (Fsp3) is 0.875. The van der Waals surface area contributed by atoms with Crippen LogP contribution in [0.1, 0.15) is 41.5 Å². The highest BCUT2D eigenvalue weighted by Crippen LogP contribution is 2.20. The highest BCUT2D eigenvalue weighted by molar-refractivity contribution is 5.84. The average Bonchev–Trinajstić information content (AvgIpc) is 2.41. The normalized spacial score (nSPS) is 14.5. The summed E-state index contributed by atoms with van der Waals surface area (Å²) in [4.78, 5) is 16.2. The van der Waals surface area contributed by atoms with Crippen molar-refractivity contribution in [2.45, 2.75) is 47.6 Å². The second kappa shape index (κ2) is 8.98. The van der Waals surface area contributed by atoms with Gasteiger partial charge in [0.2, 0.25) is 5.91 Å². The lowest BCUT2D eigenvalue weighted by molar-refractivity contribution is -0.128. The average molecular weight is 314 g/mol. The van der Waals surface area contributed by atoms with Gasteiger partial charge in [0.1, 0.15) is 0 Å². The van der Waals surface area contributed by atoms with Crippen LogP contribution in [0.4, 0.5) is 0 Å². The summed E-state index contributed by atoms with van der Waals surface area (Å²) in [6.45, 7) is 13.9. The van der Waals surface area contributed by atoms with Gasteiger partial charge in [0.25, 0.3) is 0 Å². The molecule has 0 fully saturated rings. The van der Waals surface area contributed by atoms with Gasteiger partial charge in [-0.2, -0.15) is 0 Å². The number of methoxy groups -OCH3 is 1. The summed E-state index contributed by atoms with van der Waals surface area (Å²) in [5.41, 5.74) is -0.459. The first-order valence-corrected chi connectivity index (χ1v) is 7.84. The molecule has 1 unspecified atom stereocenters. The van der Waals surface area contributed by atoms with Crippen molar-refractivity contribution < 1.29 is 9.53 Å². The Bertz CT molecular complexity index is 373. The molecule has 0 saturated carbocycles. The van der Waals surface area contributed by atoms with E-state index in [1.807, 2.05) is 20.8 Å². The molecule has 0 rings (SSSR count). The minimum Gasteiger partial charge on any atom is -0.379 e. The van der Waals surface area contributed by atoms with Gasteiger partial charge in [0, 0.05) is 33.8 Å². The van der Waals surface area contributed by atoms with Crippen LogP contribution in [-0.2, 0) is 9.53 Å². The molecule has 130 valence electrons. The number of nitrogens with one attached hydrogen (secondary N) is 3. The predicted molar refractivity (Wildman–Crippen MR) is 92.1 cm³/mol. The van der Waals surface area contributed by atoms with Crippen molar-refractivity contribution in [3.8, 4) is 0 Å². The van der Waals surface area contributed by atoms with Crippen molar-refractivity contribution in [3.63, 3.8) is 0 Å². The SMILES string of the molecule is CCNC(=O)C(C)(C)CNC(=NC)NCC(OC)C(C)(C)C. The second-order valence-electron chi connectivity index (χ2n) is 7.14. The van der Waals surface area contributed by atoms with Crippen LogP contribution in [0.2, 0.25) is 0 Å². The van der Waals surface area contributed by atoms with Crippen molar-refractivity contribution in [1.82, 2.24) is 16.0 Å². The highest BCUT2D eigenvalue weighted by atomic mass is 16.5. The molecular formula is C16H34N4O2. The first kappa shape index (κ1) is 20.7. The molecular weight excluding hydrogens is 280 g/mol. The molecule has 0 heterocycles. The Labute approximate surface area is 135 Å². The number of rotatable bonds is 7. The Morgan fingerprint density at radius 2 is 1.73 bits per heavy atom. The maximum absolute atomic E-state index is 12.0. The zero-order valence-corrected chi connectivity index (χ0v) is 15.5. The molecule has 0 aliphatic heterocycles. The molecule has 22 heavy (non-hydrogen) atoms. The van der Waals surface area contributed by atoms with Crippen LogP contribution in [-0.4, -0.2) is 51.8 Å². The fourth-order valence-corrected chi connectivity index (χ4v) is 1.94. The van der Waals surface area contributed by atoms with E-state index >= 15 is 0 Å². The third-order valence-corrected chi connectivity index (χ3v) is 3.58. The molecule has 1 atom stereocenters. The van der Waals surface area contributed by atoms with E-state index in [2.05, 4.69) is 41.7 Å². The van der Waals surface area contributed by atoms with E-state index in [-0.39, 0.29) is 17.4 Å². The first-order chi connectivity index (χ1) is 10.1. The van der Waals surface area contributed by atoms with Gasteiger partial charge in [0.15, 0.2) is 5.96 Å². The number of carbonyl (C=O) groups excluding carboxylic acids is 1. The van der Waals surface area contributed by atoms with Gasteiger partial charge in [-0.15, -0.1) is 0 Å². The third-order valence-electron chi connectivity index (χ3n) is 3.58. The molecule has 0 aromatic heterocycles. The number of carbonyl (C=O) groups is 1. The van der Waals surface area contributed by atoms with Gasteiger partial charge < -0.3 is 20.7 Å². The molecule has 0 saturated heterocycles. The van der Waals surface area contributed by atoms with Crippen LogP contribution in [0.5, 0.6) is 0 Å². The van der Waals surface area contributed by atoms with E-state index in [4.69, 9.17) is 4.74 Å². The van der Waals surface area contributed by atoms with Crippen LogP contribution >= 0.6 is 0 Å². The zero-order chi connectivity index (χ0) is 17.4. The topological polar surface area (TPSA) is 74.8 Å². The van der Waals surface area contributed by atoms with Gasteiger partial charge >= 0.3 is 0 Å². The lowest BCUT2D eigenvalue weighted by Crippen LogP contribution is -2.50. The minimum atomic E-state index is -0.502. The molecule has 3 N–H and O–H groups in total. The number of hydrogen-bond donors (Lipinski definition) is 3. The summed E-state index contributed by atoms with van der Waals surface area (Å²) < 4.78 is 5.52. The molecule has 0 aliphatic rings. The van der Waals surface area contributed by atoms with Crippen LogP contribution < -0.4 is 16.0 Å².